The second kappa shape index (κ2) is 3.00. The van der Waals surface area contributed by atoms with Crippen molar-refractivity contribution in [2.75, 3.05) is 0 Å². The number of aryl methyl sites for hydroxylation is 2. The topological polar surface area (TPSA) is 12.9 Å². The quantitative estimate of drug-likeness (QED) is 0.621. The number of rotatable bonds is 0. The van der Waals surface area contributed by atoms with Crippen LogP contribution >= 0.6 is 11.6 Å². The molecule has 2 rings (SSSR count). The molecule has 0 saturated carbocycles. The van der Waals surface area contributed by atoms with E-state index in [1.807, 2.05) is 38.1 Å². The van der Waals surface area contributed by atoms with Gasteiger partial charge in [-0.2, -0.15) is 0 Å². The Balaban J connectivity index is 2.97. The summed E-state index contributed by atoms with van der Waals surface area (Å²) in [5, 5.41) is 2.99. The van der Waals surface area contributed by atoms with E-state index in [4.69, 9.17) is 11.6 Å². The smallest absolute Gasteiger partial charge is 0.0697 e. The van der Waals surface area contributed by atoms with Crippen LogP contribution in [0.1, 0.15) is 11.4 Å². The molecule has 0 saturated heterocycles. The number of nitrogens with zero attached hydrogens (tertiary/aromatic N) is 1. The molecule has 0 atom stereocenters. The van der Waals surface area contributed by atoms with Gasteiger partial charge in [-0.25, -0.2) is 0 Å². The minimum atomic E-state index is 0.765. The maximum Gasteiger partial charge on any atom is 0.0697 e. The van der Waals surface area contributed by atoms with Crippen LogP contribution in [0.4, 0.5) is 0 Å². The summed E-state index contributed by atoms with van der Waals surface area (Å²) in [5.41, 5.74) is 1.94. The van der Waals surface area contributed by atoms with E-state index >= 15 is 0 Å². The molecule has 0 fully saturated rings. The van der Waals surface area contributed by atoms with E-state index < -0.39 is 0 Å². The Bertz CT molecular complexity index is 463. The highest BCUT2D eigenvalue weighted by Crippen LogP contribution is 2.26. The predicted octanol–water partition coefficient (Wildman–Crippen LogP) is 3.51. The normalized spacial score (nSPS) is 10.7. The Morgan fingerprint density at radius 3 is 2.31 bits per heavy atom. The summed E-state index contributed by atoms with van der Waals surface area (Å²) in [5.74, 6) is 0. The Labute approximate surface area is 82.4 Å². The molecular weight excluding hydrogens is 182 g/mol. The van der Waals surface area contributed by atoms with Gasteiger partial charge in [-0.05, 0) is 13.8 Å². The van der Waals surface area contributed by atoms with Crippen LogP contribution in [0.3, 0.4) is 0 Å². The predicted molar refractivity (Wildman–Crippen MR) is 56.2 cm³/mol. The second-order valence-electron chi connectivity index (χ2n) is 3.14. The first-order valence-electron chi connectivity index (χ1n) is 4.21. The molecule has 1 heterocycles. The van der Waals surface area contributed by atoms with Gasteiger partial charge < -0.3 is 0 Å². The zero-order chi connectivity index (χ0) is 9.42. The lowest BCUT2D eigenvalue weighted by molar-refractivity contribution is 1.15. The number of aromatic nitrogens is 1. The van der Waals surface area contributed by atoms with Crippen molar-refractivity contribution in [1.82, 2.24) is 4.98 Å². The minimum Gasteiger partial charge on any atom is -0.256 e. The zero-order valence-electron chi connectivity index (χ0n) is 7.63. The van der Waals surface area contributed by atoms with Gasteiger partial charge in [0.15, 0.2) is 0 Å². The molecule has 1 aromatic carbocycles. The maximum atomic E-state index is 6.14. The highest BCUT2D eigenvalue weighted by molar-refractivity contribution is 6.36. The van der Waals surface area contributed by atoms with Gasteiger partial charge in [0.25, 0.3) is 0 Å². The fourth-order valence-corrected chi connectivity index (χ4v) is 1.75. The second-order valence-corrected chi connectivity index (χ2v) is 3.52. The Morgan fingerprint density at radius 2 is 1.62 bits per heavy atom. The van der Waals surface area contributed by atoms with Crippen molar-refractivity contribution in [3.63, 3.8) is 0 Å². The molecule has 0 spiro atoms. The van der Waals surface area contributed by atoms with E-state index in [9.17, 15) is 0 Å². The molecule has 0 amide bonds. The summed E-state index contributed by atoms with van der Waals surface area (Å²) < 4.78 is 0. The third-order valence-electron chi connectivity index (χ3n) is 2.21. The molecule has 0 aliphatic carbocycles. The van der Waals surface area contributed by atoms with E-state index in [2.05, 4.69) is 4.98 Å². The first-order chi connectivity index (χ1) is 6.20. The fraction of sp³-hybridized carbons (Fsp3) is 0.182. The van der Waals surface area contributed by atoms with Crippen molar-refractivity contribution in [2.24, 2.45) is 0 Å². The van der Waals surface area contributed by atoms with Crippen LogP contribution in [0.2, 0.25) is 5.02 Å². The molecule has 2 heteroatoms. The van der Waals surface area contributed by atoms with Gasteiger partial charge in [-0.1, -0.05) is 35.9 Å². The van der Waals surface area contributed by atoms with Gasteiger partial charge in [-0.15, -0.1) is 0 Å². The van der Waals surface area contributed by atoms with Crippen molar-refractivity contribution in [3.05, 3.63) is 40.7 Å². The third-order valence-corrected chi connectivity index (χ3v) is 2.68. The van der Waals surface area contributed by atoms with Gasteiger partial charge >= 0.3 is 0 Å². The molecule has 1 aromatic heterocycles. The van der Waals surface area contributed by atoms with Crippen molar-refractivity contribution in [2.45, 2.75) is 13.8 Å². The van der Waals surface area contributed by atoms with Gasteiger partial charge in [-0.3, -0.25) is 4.98 Å². The van der Waals surface area contributed by atoms with Crippen LogP contribution in [0.15, 0.2) is 24.3 Å². The summed E-state index contributed by atoms with van der Waals surface area (Å²) in [6.45, 7) is 3.94. The molecule has 0 aliphatic rings. The van der Waals surface area contributed by atoms with E-state index in [1.54, 1.807) is 0 Å². The summed E-state index contributed by atoms with van der Waals surface area (Å²) in [7, 11) is 0. The molecule has 0 N–H and O–H groups in total. The number of benzene rings is 1. The maximum absolute atomic E-state index is 6.14. The lowest BCUT2D eigenvalue weighted by Gasteiger charge is -2.05. The molecule has 13 heavy (non-hydrogen) atoms. The largest absolute Gasteiger partial charge is 0.256 e. The van der Waals surface area contributed by atoms with Crippen molar-refractivity contribution in [1.29, 1.82) is 0 Å². The van der Waals surface area contributed by atoms with Crippen LogP contribution in [0, 0.1) is 13.8 Å². The zero-order valence-corrected chi connectivity index (χ0v) is 8.39. The number of halogens is 1. The number of hydrogen-bond acceptors (Lipinski definition) is 1. The lowest BCUT2D eigenvalue weighted by Crippen LogP contribution is -1.89. The van der Waals surface area contributed by atoms with Crippen LogP contribution in [0.25, 0.3) is 10.8 Å². The van der Waals surface area contributed by atoms with Crippen LogP contribution in [-0.2, 0) is 0 Å². The van der Waals surface area contributed by atoms with Crippen LogP contribution in [0.5, 0.6) is 0 Å². The number of pyridine rings is 1. The van der Waals surface area contributed by atoms with Gasteiger partial charge in [0, 0.05) is 16.5 Å². The molecule has 0 radical (unpaired) electrons. The van der Waals surface area contributed by atoms with Gasteiger partial charge in [0.05, 0.1) is 10.7 Å². The fourth-order valence-electron chi connectivity index (χ4n) is 1.55. The first kappa shape index (κ1) is 8.52. The Hall–Kier alpha value is -1.08. The average molecular weight is 192 g/mol. The Morgan fingerprint density at radius 1 is 1.00 bits per heavy atom. The molecular formula is C11H10ClN. The molecule has 0 bridgehead atoms. The van der Waals surface area contributed by atoms with Gasteiger partial charge in [0.1, 0.15) is 0 Å². The van der Waals surface area contributed by atoms with E-state index in [1.165, 1.54) is 0 Å². The van der Waals surface area contributed by atoms with E-state index in [0.717, 1.165) is 27.2 Å². The molecule has 66 valence electrons. The summed E-state index contributed by atoms with van der Waals surface area (Å²) in [6, 6.07) is 8.07. The summed E-state index contributed by atoms with van der Waals surface area (Å²) in [4.78, 5) is 4.37. The highest BCUT2D eigenvalue weighted by atomic mass is 35.5. The molecule has 0 aliphatic heterocycles. The number of fused-ring (bicyclic) bond motifs is 1. The standard InChI is InChI=1S/C11H10ClN/c1-7-9-5-3-4-6-10(9)11(12)8(2)13-7/h3-6H,1-2H3. The number of hydrogen-bond donors (Lipinski definition) is 0. The molecule has 0 unspecified atom stereocenters. The molecule has 2 aromatic rings. The van der Waals surface area contributed by atoms with E-state index in [-0.39, 0.29) is 0 Å². The SMILES string of the molecule is Cc1nc(C)c2ccccc2c1Cl. The van der Waals surface area contributed by atoms with Crippen LogP contribution < -0.4 is 0 Å². The van der Waals surface area contributed by atoms with Crippen molar-refractivity contribution >= 4 is 22.4 Å². The third kappa shape index (κ3) is 1.29. The molecule has 1 nitrogen and oxygen atoms in total. The highest BCUT2D eigenvalue weighted by Gasteiger charge is 2.05. The average Bonchev–Trinajstić information content (AvgIpc) is 2.15. The van der Waals surface area contributed by atoms with E-state index in [0.29, 0.717) is 0 Å². The van der Waals surface area contributed by atoms with Crippen molar-refractivity contribution in [3.8, 4) is 0 Å². The minimum absolute atomic E-state index is 0.765. The summed E-state index contributed by atoms with van der Waals surface area (Å²) in [6.07, 6.45) is 0. The monoisotopic (exact) mass is 191 g/mol. The van der Waals surface area contributed by atoms with Gasteiger partial charge in [0.2, 0.25) is 0 Å². The first-order valence-corrected chi connectivity index (χ1v) is 4.59. The van der Waals surface area contributed by atoms with Crippen molar-refractivity contribution < 1.29 is 0 Å². The summed E-state index contributed by atoms with van der Waals surface area (Å²) >= 11 is 6.14. The van der Waals surface area contributed by atoms with Crippen LogP contribution in [-0.4, -0.2) is 4.98 Å². The Kier molecular flexibility index (Phi) is 1.97. The lowest BCUT2D eigenvalue weighted by atomic mass is 10.1.